The molecule has 0 radical (unpaired) electrons. The molecular formula is C16H14N4O. The minimum atomic E-state index is -0.575. The Morgan fingerprint density at radius 3 is 2.43 bits per heavy atom. The van der Waals surface area contributed by atoms with Gasteiger partial charge in [-0.15, -0.1) is 0 Å². The molecule has 0 fully saturated rings. The third-order valence-electron chi connectivity index (χ3n) is 3.46. The van der Waals surface area contributed by atoms with Crippen molar-refractivity contribution in [3.05, 3.63) is 50.8 Å². The number of anilines is 1. The normalized spacial score (nSPS) is 9.90. The van der Waals surface area contributed by atoms with Gasteiger partial charge >= 0.3 is 0 Å². The number of pyridine rings is 1. The number of nitrogen functional groups attached to an aromatic ring is 1. The van der Waals surface area contributed by atoms with Crippen LogP contribution in [0.1, 0.15) is 29.2 Å². The maximum Gasteiger partial charge on any atom is 0.268 e. The van der Waals surface area contributed by atoms with Crippen LogP contribution in [0.3, 0.4) is 0 Å². The summed E-state index contributed by atoms with van der Waals surface area (Å²) in [7, 11) is 0. The summed E-state index contributed by atoms with van der Waals surface area (Å²) in [5.41, 5.74) is 8.16. The lowest BCUT2D eigenvalue weighted by Gasteiger charge is -2.15. The summed E-state index contributed by atoms with van der Waals surface area (Å²) in [6.07, 6.45) is 0.722. The zero-order chi connectivity index (χ0) is 15.6. The fourth-order valence-electron chi connectivity index (χ4n) is 2.47. The van der Waals surface area contributed by atoms with Gasteiger partial charge in [0, 0.05) is 5.56 Å². The lowest BCUT2D eigenvalue weighted by atomic mass is 9.89. The quantitative estimate of drug-likeness (QED) is 0.878. The number of hydrogen-bond acceptors (Lipinski definition) is 4. The van der Waals surface area contributed by atoms with Crippen molar-refractivity contribution in [1.29, 1.82) is 10.5 Å². The van der Waals surface area contributed by atoms with Gasteiger partial charge in [0.2, 0.25) is 0 Å². The molecule has 5 heteroatoms. The van der Waals surface area contributed by atoms with E-state index < -0.39 is 5.56 Å². The van der Waals surface area contributed by atoms with Crippen molar-refractivity contribution in [2.45, 2.75) is 20.3 Å². The second-order valence-electron chi connectivity index (χ2n) is 4.68. The van der Waals surface area contributed by atoms with Crippen LogP contribution in [0.15, 0.2) is 23.0 Å². The van der Waals surface area contributed by atoms with E-state index in [2.05, 4.69) is 4.98 Å². The average Bonchev–Trinajstić information content (AvgIpc) is 2.46. The smallest absolute Gasteiger partial charge is 0.268 e. The zero-order valence-corrected chi connectivity index (χ0v) is 11.8. The fourth-order valence-corrected chi connectivity index (χ4v) is 2.47. The van der Waals surface area contributed by atoms with Gasteiger partial charge in [0.1, 0.15) is 29.1 Å². The highest BCUT2D eigenvalue weighted by atomic mass is 16.1. The molecule has 0 saturated heterocycles. The zero-order valence-electron chi connectivity index (χ0n) is 11.8. The monoisotopic (exact) mass is 278 g/mol. The lowest BCUT2D eigenvalue weighted by Crippen LogP contribution is -2.17. The molecule has 1 aromatic carbocycles. The van der Waals surface area contributed by atoms with Crippen LogP contribution in [0.25, 0.3) is 11.1 Å². The number of hydrogen-bond donors (Lipinski definition) is 2. The van der Waals surface area contributed by atoms with Gasteiger partial charge in [0.05, 0.1) is 0 Å². The first-order chi connectivity index (χ1) is 10.0. The molecular weight excluding hydrogens is 264 g/mol. The molecule has 104 valence electrons. The van der Waals surface area contributed by atoms with E-state index in [1.165, 1.54) is 0 Å². The summed E-state index contributed by atoms with van der Waals surface area (Å²) < 4.78 is 0. The van der Waals surface area contributed by atoms with Crippen LogP contribution >= 0.6 is 0 Å². The third kappa shape index (κ3) is 2.26. The first-order valence-corrected chi connectivity index (χ1v) is 6.49. The average molecular weight is 278 g/mol. The van der Waals surface area contributed by atoms with Crippen LogP contribution in [0.2, 0.25) is 0 Å². The number of aromatic nitrogens is 1. The van der Waals surface area contributed by atoms with Crippen molar-refractivity contribution in [2.24, 2.45) is 0 Å². The van der Waals surface area contributed by atoms with Gasteiger partial charge in [-0.3, -0.25) is 4.79 Å². The van der Waals surface area contributed by atoms with Gasteiger partial charge in [-0.1, -0.05) is 25.1 Å². The molecule has 5 nitrogen and oxygen atoms in total. The Morgan fingerprint density at radius 1 is 1.19 bits per heavy atom. The van der Waals surface area contributed by atoms with E-state index in [0.29, 0.717) is 5.56 Å². The summed E-state index contributed by atoms with van der Waals surface area (Å²) in [4.78, 5) is 14.3. The minimum Gasteiger partial charge on any atom is -0.384 e. The Bertz CT molecular complexity index is 850. The number of nitrogens with zero attached hydrogens (tertiary/aromatic N) is 2. The second-order valence-corrected chi connectivity index (χ2v) is 4.68. The van der Waals surface area contributed by atoms with Gasteiger partial charge in [-0.25, -0.2) is 0 Å². The molecule has 0 spiro atoms. The maximum atomic E-state index is 12.0. The van der Waals surface area contributed by atoms with E-state index >= 15 is 0 Å². The molecule has 2 aromatic rings. The molecule has 0 aliphatic rings. The van der Waals surface area contributed by atoms with E-state index in [0.717, 1.165) is 23.1 Å². The SMILES string of the molecule is CCc1cccc(C)c1-c1c(C#N)c(N)[nH]c(=O)c1C#N. The van der Waals surface area contributed by atoms with Gasteiger partial charge in [0.25, 0.3) is 5.56 Å². The lowest BCUT2D eigenvalue weighted by molar-refractivity contribution is 1.13. The Kier molecular flexibility index (Phi) is 3.77. The van der Waals surface area contributed by atoms with E-state index in [4.69, 9.17) is 5.73 Å². The summed E-state index contributed by atoms with van der Waals surface area (Å²) >= 11 is 0. The summed E-state index contributed by atoms with van der Waals surface area (Å²) in [5.74, 6) is -0.0122. The van der Waals surface area contributed by atoms with Crippen LogP contribution in [0.5, 0.6) is 0 Å². The highest BCUT2D eigenvalue weighted by Crippen LogP contribution is 2.33. The number of rotatable bonds is 2. The fraction of sp³-hybridized carbons (Fsp3) is 0.188. The molecule has 0 bridgehead atoms. The minimum absolute atomic E-state index is 0.0122. The van der Waals surface area contributed by atoms with E-state index in [1.54, 1.807) is 0 Å². The molecule has 0 saturated carbocycles. The van der Waals surface area contributed by atoms with E-state index in [-0.39, 0.29) is 16.9 Å². The number of H-pyrrole nitrogens is 1. The highest BCUT2D eigenvalue weighted by Gasteiger charge is 2.21. The largest absolute Gasteiger partial charge is 0.384 e. The van der Waals surface area contributed by atoms with Gasteiger partial charge in [-0.2, -0.15) is 10.5 Å². The Balaban J connectivity index is 3.05. The van der Waals surface area contributed by atoms with Crippen LogP contribution in [-0.2, 0) is 6.42 Å². The molecule has 1 heterocycles. The number of aryl methyl sites for hydroxylation is 2. The van der Waals surface area contributed by atoms with Gasteiger partial charge < -0.3 is 10.7 Å². The highest BCUT2D eigenvalue weighted by molar-refractivity contribution is 5.83. The summed E-state index contributed by atoms with van der Waals surface area (Å²) in [5, 5.41) is 18.7. The maximum absolute atomic E-state index is 12.0. The predicted molar refractivity (Wildman–Crippen MR) is 80.5 cm³/mol. The standard InChI is InChI=1S/C16H14N4O/c1-3-10-6-4-5-9(2)13(10)14-11(7-17)15(19)20-16(21)12(14)8-18/h4-6H,3H2,1-2H3,(H3,19,20,21). The molecule has 0 atom stereocenters. The molecule has 3 N–H and O–H groups in total. The third-order valence-corrected chi connectivity index (χ3v) is 3.46. The first-order valence-electron chi connectivity index (χ1n) is 6.49. The van der Waals surface area contributed by atoms with Crippen LogP contribution < -0.4 is 11.3 Å². The Hall–Kier alpha value is -3.05. The summed E-state index contributed by atoms with van der Waals surface area (Å²) in [6, 6.07) is 9.60. The van der Waals surface area contributed by atoms with Crippen molar-refractivity contribution in [3.63, 3.8) is 0 Å². The van der Waals surface area contributed by atoms with Crippen LogP contribution in [-0.4, -0.2) is 4.98 Å². The molecule has 2 rings (SSSR count). The van der Waals surface area contributed by atoms with Crippen molar-refractivity contribution < 1.29 is 0 Å². The van der Waals surface area contributed by atoms with Crippen LogP contribution in [0, 0.1) is 29.6 Å². The van der Waals surface area contributed by atoms with E-state index in [9.17, 15) is 15.3 Å². The molecule has 21 heavy (non-hydrogen) atoms. The number of nitrogens with one attached hydrogen (secondary N) is 1. The number of benzene rings is 1. The molecule has 0 aliphatic carbocycles. The first kappa shape index (κ1) is 14.4. The number of aromatic amines is 1. The van der Waals surface area contributed by atoms with Gasteiger partial charge in [0.15, 0.2) is 0 Å². The second kappa shape index (κ2) is 5.52. The Labute approximate surface area is 122 Å². The van der Waals surface area contributed by atoms with Crippen molar-refractivity contribution in [3.8, 4) is 23.3 Å². The molecule has 1 aromatic heterocycles. The van der Waals surface area contributed by atoms with Crippen molar-refractivity contribution in [2.75, 3.05) is 5.73 Å². The Morgan fingerprint density at radius 2 is 1.86 bits per heavy atom. The van der Waals surface area contributed by atoms with Gasteiger partial charge in [-0.05, 0) is 30.0 Å². The molecule has 0 aliphatic heterocycles. The van der Waals surface area contributed by atoms with Crippen molar-refractivity contribution in [1.82, 2.24) is 4.98 Å². The molecule has 0 unspecified atom stereocenters. The van der Waals surface area contributed by atoms with Crippen molar-refractivity contribution >= 4 is 5.82 Å². The summed E-state index contributed by atoms with van der Waals surface area (Å²) in [6.45, 7) is 3.86. The van der Waals surface area contributed by atoms with Crippen LogP contribution in [0.4, 0.5) is 5.82 Å². The number of nitrogens with two attached hydrogens (primary N) is 1. The van der Waals surface area contributed by atoms with E-state index in [1.807, 2.05) is 44.2 Å². The molecule has 0 amide bonds. The number of nitriles is 2. The predicted octanol–water partition coefficient (Wildman–Crippen LogP) is 2.24. The topological polar surface area (TPSA) is 106 Å².